The number of nitrogens with one attached hydrogen (secondary N) is 1. The van der Waals surface area contributed by atoms with Crippen molar-refractivity contribution in [2.75, 3.05) is 24.8 Å². The third kappa shape index (κ3) is 4.01. The standard InChI is InChI=1S/C13H20N2O4S/c1-4-19-11-7-5-6-10(13(11)15(17)18)14-9(2)12(8-16)20-3/h5-7,9,12,14,16H,4,8H2,1-3H3. The maximum atomic E-state index is 11.2. The summed E-state index contributed by atoms with van der Waals surface area (Å²) in [6, 6.07) is 4.83. The van der Waals surface area contributed by atoms with Crippen LogP contribution in [0.5, 0.6) is 5.75 Å². The number of ether oxygens (including phenoxy) is 1. The number of benzene rings is 1. The molecule has 20 heavy (non-hydrogen) atoms. The van der Waals surface area contributed by atoms with Gasteiger partial charge in [-0.15, -0.1) is 0 Å². The Labute approximate surface area is 122 Å². The van der Waals surface area contributed by atoms with Crippen LogP contribution in [-0.2, 0) is 0 Å². The number of nitro benzene ring substituents is 1. The average molecular weight is 300 g/mol. The number of nitrogens with zero attached hydrogens (tertiary/aromatic N) is 1. The van der Waals surface area contributed by atoms with E-state index in [1.807, 2.05) is 13.2 Å². The molecule has 6 nitrogen and oxygen atoms in total. The Kier molecular flexibility index (Phi) is 6.60. The van der Waals surface area contributed by atoms with Crippen molar-refractivity contribution < 1.29 is 14.8 Å². The number of aliphatic hydroxyl groups excluding tert-OH is 1. The zero-order valence-corrected chi connectivity index (χ0v) is 12.6. The summed E-state index contributed by atoms with van der Waals surface area (Å²) in [6.07, 6.45) is 1.89. The fraction of sp³-hybridized carbons (Fsp3) is 0.538. The van der Waals surface area contributed by atoms with E-state index in [1.165, 1.54) is 11.8 Å². The molecule has 1 aromatic rings. The Morgan fingerprint density at radius 2 is 2.25 bits per heavy atom. The highest BCUT2D eigenvalue weighted by Crippen LogP contribution is 2.35. The van der Waals surface area contributed by atoms with Gasteiger partial charge in [-0.2, -0.15) is 11.8 Å². The van der Waals surface area contributed by atoms with Crippen molar-refractivity contribution in [3.05, 3.63) is 28.3 Å². The van der Waals surface area contributed by atoms with Crippen molar-refractivity contribution in [1.29, 1.82) is 0 Å². The molecule has 0 radical (unpaired) electrons. The minimum Gasteiger partial charge on any atom is -0.487 e. The van der Waals surface area contributed by atoms with E-state index in [1.54, 1.807) is 25.1 Å². The molecular weight excluding hydrogens is 280 g/mol. The Morgan fingerprint density at radius 1 is 1.55 bits per heavy atom. The number of thioether (sulfide) groups is 1. The van der Waals surface area contributed by atoms with E-state index in [9.17, 15) is 15.2 Å². The predicted octanol–water partition coefficient (Wildman–Crippen LogP) is 2.52. The molecule has 112 valence electrons. The largest absolute Gasteiger partial charge is 0.487 e. The first-order chi connectivity index (χ1) is 9.54. The normalized spacial score (nSPS) is 13.6. The molecule has 1 aromatic carbocycles. The molecule has 7 heteroatoms. The van der Waals surface area contributed by atoms with Gasteiger partial charge in [0.25, 0.3) is 0 Å². The highest BCUT2D eigenvalue weighted by molar-refractivity contribution is 7.99. The molecule has 0 bridgehead atoms. The summed E-state index contributed by atoms with van der Waals surface area (Å²) in [5.41, 5.74) is 0.333. The van der Waals surface area contributed by atoms with Crippen LogP contribution in [0, 0.1) is 10.1 Å². The topological polar surface area (TPSA) is 84.6 Å². The molecule has 0 aliphatic rings. The zero-order chi connectivity index (χ0) is 15.1. The van der Waals surface area contributed by atoms with E-state index in [-0.39, 0.29) is 29.3 Å². The first-order valence-electron chi connectivity index (χ1n) is 6.35. The van der Waals surface area contributed by atoms with Crippen molar-refractivity contribution in [1.82, 2.24) is 0 Å². The van der Waals surface area contributed by atoms with Gasteiger partial charge >= 0.3 is 5.69 Å². The lowest BCUT2D eigenvalue weighted by Crippen LogP contribution is -2.31. The van der Waals surface area contributed by atoms with E-state index >= 15 is 0 Å². The Bertz CT molecular complexity index is 452. The van der Waals surface area contributed by atoms with Gasteiger partial charge in [0.2, 0.25) is 0 Å². The van der Waals surface area contributed by atoms with Crippen molar-refractivity contribution >= 4 is 23.1 Å². The molecule has 1 rings (SSSR count). The number of rotatable bonds is 8. The molecule has 2 atom stereocenters. The van der Waals surface area contributed by atoms with E-state index in [2.05, 4.69) is 5.32 Å². The SMILES string of the molecule is CCOc1cccc(NC(C)C(CO)SC)c1[N+](=O)[O-]. The average Bonchev–Trinajstić information content (AvgIpc) is 2.40. The van der Waals surface area contributed by atoms with Crippen LogP contribution in [0.25, 0.3) is 0 Å². The van der Waals surface area contributed by atoms with Crippen LogP contribution in [0.15, 0.2) is 18.2 Å². The predicted molar refractivity (Wildman–Crippen MR) is 81.7 cm³/mol. The Balaban J connectivity index is 3.05. The molecule has 0 saturated heterocycles. The lowest BCUT2D eigenvalue weighted by molar-refractivity contribution is -0.385. The zero-order valence-electron chi connectivity index (χ0n) is 11.8. The number of hydrogen-bond donors (Lipinski definition) is 2. The van der Waals surface area contributed by atoms with Gasteiger partial charge in [-0.3, -0.25) is 10.1 Å². The molecular formula is C13H20N2O4S. The summed E-state index contributed by atoms with van der Waals surface area (Å²) in [5, 5.41) is 23.6. The molecule has 0 fully saturated rings. The van der Waals surface area contributed by atoms with Gasteiger partial charge in [0, 0.05) is 11.3 Å². The van der Waals surface area contributed by atoms with Gasteiger partial charge in [0.1, 0.15) is 5.69 Å². The van der Waals surface area contributed by atoms with Crippen LogP contribution in [0.2, 0.25) is 0 Å². The minimum atomic E-state index is -0.451. The number of anilines is 1. The maximum absolute atomic E-state index is 11.2. The summed E-state index contributed by atoms with van der Waals surface area (Å²) in [5.74, 6) is 0.249. The van der Waals surface area contributed by atoms with E-state index in [0.29, 0.717) is 12.3 Å². The number of para-hydroxylation sites is 1. The summed E-state index contributed by atoms with van der Waals surface area (Å²) >= 11 is 1.51. The highest BCUT2D eigenvalue weighted by Gasteiger charge is 2.24. The van der Waals surface area contributed by atoms with Gasteiger partial charge < -0.3 is 15.2 Å². The molecule has 0 saturated carbocycles. The van der Waals surface area contributed by atoms with Crippen LogP contribution >= 0.6 is 11.8 Å². The minimum absolute atomic E-state index is 0.00822. The lowest BCUT2D eigenvalue weighted by Gasteiger charge is -2.22. The summed E-state index contributed by atoms with van der Waals surface area (Å²) in [6.45, 7) is 4.04. The van der Waals surface area contributed by atoms with Crippen molar-refractivity contribution in [2.24, 2.45) is 0 Å². The molecule has 0 spiro atoms. The monoisotopic (exact) mass is 300 g/mol. The molecule has 2 N–H and O–H groups in total. The summed E-state index contributed by atoms with van der Waals surface area (Å²) in [4.78, 5) is 10.8. The number of hydrogen-bond acceptors (Lipinski definition) is 6. The quantitative estimate of drug-likeness (QED) is 0.567. The Hall–Kier alpha value is -1.47. The highest BCUT2D eigenvalue weighted by atomic mass is 32.2. The third-order valence-corrected chi connectivity index (χ3v) is 4.07. The first kappa shape index (κ1) is 16.6. The first-order valence-corrected chi connectivity index (χ1v) is 7.64. The molecule has 0 aromatic heterocycles. The fourth-order valence-corrected chi connectivity index (χ4v) is 2.50. The second kappa shape index (κ2) is 7.96. The van der Waals surface area contributed by atoms with Crippen molar-refractivity contribution in [2.45, 2.75) is 25.1 Å². The van der Waals surface area contributed by atoms with Gasteiger partial charge in [-0.05, 0) is 32.2 Å². The van der Waals surface area contributed by atoms with E-state index in [4.69, 9.17) is 4.74 Å². The number of nitro groups is 1. The lowest BCUT2D eigenvalue weighted by atomic mass is 10.2. The molecule has 0 aliphatic heterocycles. The van der Waals surface area contributed by atoms with Crippen LogP contribution in [0.1, 0.15) is 13.8 Å². The molecule has 0 aliphatic carbocycles. The summed E-state index contributed by atoms with van der Waals surface area (Å²) < 4.78 is 5.30. The summed E-state index contributed by atoms with van der Waals surface area (Å²) in [7, 11) is 0. The van der Waals surface area contributed by atoms with Crippen LogP contribution in [0.3, 0.4) is 0 Å². The maximum Gasteiger partial charge on any atom is 0.333 e. The smallest absolute Gasteiger partial charge is 0.333 e. The van der Waals surface area contributed by atoms with Crippen molar-refractivity contribution in [3.63, 3.8) is 0 Å². The van der Waals surface area contributed by atoms with E-state index < -0.39 is 4.92 Å². The molecule has 0 heterocycles. The second-order valence-electron chi connectivity index (χ2n) is 4.23. The number of aliphatic hydroxyl groups is 1. The fourth-order valence-electron chi connectivity index (χ4n) is 1.87. The molecule has 2 unspecified atom stereocenters. The van der Waals surface area contributed by atoms with Gasteiger partial charge in [-0.1, -0.05) is 6.07 Å². The van der Waals surface area contributed by atoms with Crippen LogP contribution < -0.4 is 10.1 Å². The van der Waals surface area contributed by atoms with Gasteiger partial charge in [-0.25, -0.2) is 0 Å². The van der Waals surface area contributed by atoms with E-state index in [0.717, 1.165) is 0 Å². The van der Waals surface area contributed by atoms with Gasteiger partial charge in [0.05, 0.1) is 18.1 Å². The van der Waals surface area contributed by atoms with Crippen LogP contribution in [-0.4, -0.2) is 40.8 Å². The van der Waals surface area contributed by atoms with Crippen molar-refractivity contribution in [3.8, 4) is 5.75 Å². The second-order valence-corrected chi connectivity index (χ2v) is 5.31. The Morgan fingerprint density at radius 3 is 2.75 bits per heavy atom. The molecule has 0 amide bonds. The van der Waals surface area contributed by atoms with Crippen LogP contribution in [0.4, 0.5) is 11.4 Å². The third-order valence-electron chi connectivity index (χ3n) is 2.90. The van der Waals surface area contributed by atoms with Gasteiger partial charge in [0.15, 0.2) is 5.75 Å².